The Morgan fingerprint density at radius 3 is 2.93 bits per heavy atom. The maximum Gasteiger partial charge on any atom is 0.262 e. The van der Waals surface area contributed by atoms with Gasteiger partial charge in [-0.2, -0.15) is 0 Å². The van der Waals surface area contributed by atoms with E-state index in [1.54, 1.807) is 22.0 Å². The molecule has 0 saturated heterocycles. The smallest absolute Gasteiger partial charge is 0.262 e. The van der Waals surface area contributed by atoms with Crippen molar-refractivity contribution in [3.8, 4) is 10.8 Å². The topological polar surface area (TPSA) is 73.8 Å². The number of halogens is 1. The molecule has 27 heavy (non-hydrogen) atoms. The first-order valence-electron chi connectivity index (χ1n) is 8.31. The highest BCUT2D eigenvalue weighted by Crippen LogP contribution is 2.35. The highest BCUT2D eigenvalue weighted by atomic mass is 79.9. The van der Waals surface area contributed by atoms with Crippen LogP contribution < -0.4 is 5.56 Å². The number of aromatic nitrogens is 4. The van der Waals surface area contributed by atoms with Crippen molar-refractivity contribution < 1.29 is 4.42 Å². The molecule has 3 heterocycles. The van der Waals surface area contributed by atoms with E-state index in [9.17, 15) is 4.79 Å². The SMILES string of the molecule is CCn1c(SC(C)c2nnc(-c3cccs3)o2)nc2ccc(Br)cc2c1=O. The van der Waals surface area contributed by atoms with Gasteiger partial charge in [0.2, 0.25) is 5.89 Å². The van der Waals surface area contributed by atoms with Gasteiger partial charge in [-0.1, -0.05) is 33.8 Å². The molecule has 9 heteroatoms. The van der Waals surface area contributed by atoms with E-state index in [1.807, 2.05) is 43.5 Å². The van der Waals surface area contributed by atoms with Gasteiger partial charge in [0.15, 0.2) is 5.16 Å². The number of hydrogen-bond acceptors (Lipinski definition) is 7. The lowest BCUT2D eigenvalue weighted by Crippen LogP contribution is -2.22. The molecule has 0 bridgehead atoms. The first kappa shape index (κ1) is 18.4. The number of benzene rings is 1. The standard InChI is InChI=1S/C18H15BrN4O2S2/c1-3-23-17(24)12-9-11(19)6-7-13(12)20-18(23)27-10(2)15-21-22-16(25-15)14-5-4-8-26-14/h4-10H,3H2,1-2H3. The molecule has 1 unspecified atom stereocenters. The molecule has 0 aliphatic carbocycles. The summed E-state index contributed by atoms with van der Waals surface area (Å²) in [6.45, 7) is 4.44. The van der Waals surface area contributed by atoms with Crippen molar-refractivity contribution in [1.82, 2.24) is 19.7 Å². The molecule has 0 amide bonds. The van der Waals surface area contributed by atoms with Crippen LogP contribution in [0.25, 0.3) is 21.7 Å². The number of fused-ring (bicyclic) bond motifs is 1. The minimum atomic E-state index is -0.135. The number of thioether (sulfide) groups is 1. The van der Waals surface area contributed by atoms with Crippen LogP contribution in [0.4, 0.5) is 0 Å². The molecular weight excluding hydrogens is 448 g/mol. The van der Waals surface area contributed by atoms with Crippen LogP contribution in [0.1, 0.15) is 25.0 Å². The molecular formula is C18H15BrN4O2S2. The predicted octanol–water partition coefficient (Wildman–Crippen LogP) is 5.14. The fourth-order valence-electron chi connectivity index (χ4n) is 2.65. The summed E-state index contributed by atoms with van der Waals surface area (Å²) in [5.41, 5.74) is 0.621. The van der Waals surface area contributed by atoms with E-state index in [1.165, 1.54) is 11.8 Å². The van der Waals surface area contributed by atoms with Crippen LogP contribution in [0.5, 0.6) is 0 Å². The summed E-state index contributed by atoms with van der Waals surface area (Å²) >= 11 is 6.40. The lowest BCUT2D eigenvalue weighted by molar-refractivity contribution is 0.509. The fraction of sp³-hybridized carbons (Fsp3) is 0.222. The minimum absolute atomic E-state index is 0.0525. The van der Waals surface area contributed by atoms with Crippen LogP contribution in [0.2, 0.25) is 0 Å². The van der Waals surface area contributed by atoms with Crippen LogP contribution in [0, 0.1) is 0 Å². The first-order chi connectivity index (χ1) is 13.1. The van der Waals surface area contributed by atoms with Crippen molar-refractivity contribution >= 4 is 49.9 Å². The Hall–Kier alpha value is -1.97. The van der Waals surface area contributed by atoms with Crippen LogP contribution in [-0.2, 0) is 6.54 Å². The van der Waals surface area contributed by atoms with Crippen molar-refractivity contribution in [3.05, 3.63) is 56.4 Å². The van der Waals surface area contributed by atoms with Crippen LogP contribution in [0.3, 0.4) is 0 Å². The van der Waals surface area contributed by atoms with E-state index in [0.29, 0.717) is 34.4 Å². The zero-order valence-electron chi connectivity index (χ0n) is 14.5. The van der Waals surface area contributed by atoms with Gasteiger partial charge in [-0.25, -0.2) is 4.98 Å². The second-order valence-corrected chi connectivity index (χ2v) is 8.96. The zero-order chi connectivity index (χ0) is 19.0. The number of rotatable bonds is 5. The lowest BCUT2D eigenvalue weighted by Gasteiger charge is -2.13. The van der Waals surface area contributed by atoms with E-state index in [4.69, 9.17) is 4.42 Å². The van der Waals surface area contributed by atoms with Gasteiger partial charge in [0.1, 0.15) is 0 Å². The van der Waals surface area contributed by atoms with Gasteiger partial charge in [-0.05, 0) is 43.5 Å². The average molecular weight is 463 g/mol. The van der Waals surface area contributed by atoms with Crippen LogP contribution in [-0.4, -0.2) is 19.7 Å². The Kier molecular flexibility index (Phi) is 5.16. The van der Waals surface area contributed by atoms with Gasteiger partial charge in [-0.3, -0.25) is 9.36 Å². The lowest BCUT2D eigenvalue weighted by atomic mass is 10.2. The molecule has 0 spiro atoms. The Morgan fingerprint density at radius 1 is 1.33 bits per heavy atom. The summed E-state index contributed by atoms with van der Waals surface area (Å²) in [6, 6.07) is 9.42. The Labute approximate surface area is 171 Å². The molecule has 138 valence electrons. The maximum absolute atomic E-state index is 12.8. The van der Waals surface area contributed by atoms with Crippen molar-refractivity contribution in [2.45, 2.75) is 30.8 Å². The number of nitrogens with zero attached hydrogens (tertiary/aromatic N) is 4. The molecule has 0 aliphatic rings. The predicted molar refractivity (Wildman–Crippen MR) is 111 cm³/mol. The fourth-order valence-corrected chi connectivity index (χ4v) is 4.66. The number of hydrogen-bond donors (Lipinski definition) is 0. The van der Waals surface area contributed by atoms with Crippen molar-refractivity contribution in [2.75, 3.05) is 0 Å². The highest BCUT2D eigenvalue weighted by molar-refractivity contribution is 9.10. The molecule has 3 aromatic heterocycles. The largest absolute Gasteiger partial charge is 0.419 e. The number of thiophene rings is 1. The van der Waals surface area contributed by atoms with Gasteiger partial charge in [0.05, 0.1) is 21.0 Å². The third-order valence-corrected chi connectivity index (χ3v) is 6.43. The van der Waals surface area contributed by atoms with Gasteiger partial charge in [0, 0.05) is 11.0 Å². The Morgan fingerprint density at radius 2 is 2.19 bits per heavy atom. The maximum atomic E-state index is 12.8. The van der Waals surface area contributed by atoms with Gasteiger partial charge < -0.3 is 4.42 Å². The summed E-state index contributed by atoms with van der Waals surface area (Å²) in [7, 11) is 0. The van der Waals surface area contributed by atoms with E-state index in [2.05, 4.69) is 31.1 Å². The second-order valence-electron chi connectivity index (χ2n) is 5.79. The van der Waals surface area contributed by atoms with E-state index in [-0.39, 0.29) is 10.8 Å². The normalized spacial score (nSPS) is 12.6. The molecule has 6 nitrogen and oxygen atoms in total. The molecule has 0 radical (unpaired) electrons. The van der Waals surface area contributed by atoms with Crippen molar-refractivity contribution in [2.24, 2.45) is 0 Å². The summed E-state index contributed by atoms with van der Waals surface area (Å²) < 4.78 is 8.35. The minimum Gasteiger partial charge on any atom is -0.419 e. The molecule has 4 rings (SSSR count). The van der Waals surface area contributed by atoms with Gasteiger partial charge >= 0.3 is 0 Å². The third-order valence-electron chi connectivity index (χ3n) is 4.00. The average Bonchev–Trinajstić information content (AvgIpc) is 3.34. The Bertz CT molecular complexity index is 1150. The molecule has 0 fully saturated rings. The molecule has 0 saturated carbocycles. The van der Waals surface area contributed by atoms with E-state index < -0.39 is 0 Å². The quantitative estimate of drug-likeness (QED) is 0.301. The van der Waals surface area contributed by atoms with Crippen LogP contribution in [0.15, 0.2) is 54.6 Å². The highest BCUT2D eigenvalue weighted by Gasteiger charge is 2.20. The molecule has 1 aromatic carbocycles. The molecule has 0 N–H and O–H groups in total. The summed E-state index contributed by atoms with van der Waals surface area (Å²) in [5.74, 6) is 1.02. The zero-order valence-corrected chi connectivity index (χ0v) is 17.8. The van der Waals surface area contributed by atoms with Crippen LogP contribution >= 0.6 is 39.0 Å². The molecule has 4 aromatic rings. The van der Waals surface area contributed by atoms with E-state index in [0.717, 1.165) is 9.35 Å². The van der Waals surface area contributed by atoms with E-state index >= 15 is 0 Å². The van der Waals surface area contributed by atoms with Gasteiger partial charge in [0.25, 0.3) is 11.4 Å². The van der Waals surface area contributed by atoms with Gasteiger partial charge in [-0.15, -0.1) is 21.5 Å². The molecule has 1 atom stereocenters. The monoisotopic (exact) mass is 462 g/mol. The molecule has 0 aliphatic heterocycles. The Balaban J connectivity index is 1.68. The summed E-state index contributed by atoms with van der Waals surface area (Å²) in [5, 5.41) is 11.4. The van der Waals surface area contributed by atoms with Crippen molar-refractivity contribution in [3.63, 3.8) is 0 Å². The second kappa shape index (κ2) is 7.57. The van der Waals surface area contributed by atoms with Crippen molar-refractivity contribution in [1.29, 1.82) is 0 Å². The summed E-state index contributed by atoms with van der Waals surface area (Å²) in [6.07, 6.45) is 0. The first-order valence-corrected chi connectivity index (χ1v) is 10.9. The third kappa shape index (κ3) is 3.59. The summed E-state index contributed by atoms with van der Waals surface area (Å²) in [4.78, 5) is 18.5.